The Balaban J connectivity index is 1.72. The van der Waals surface area contributed by atoms with Crippen molar-refractivity contribution in [1.29, 1.82) is 0 Å². The summed E-state index contributed by atoms with van der Waals surface area (Å²) in [6.07, 6.45) is -1.50. The molecule has 11 heteroatoms. The van der Waals surface area contributed by atoms with Crippen molar-refractivity contribution in [2.24, 2.45) is 12.0 Å². The van der Waals surface area contributed by atoms with Gasteiger partial charge in [0, 0.05) is 31.3 Å². The van der Waals surface area contributed by atoms with Gasteiger partial charge in [0.1, 0.15) is 17.1 Å². The highest BCUT2D eigenvalue weighted by Gasteiger charge is 2.35. The molecule has 32 heavy (non-hydrogen) atoms. The summed E-state index contributed by atoms with van der Waals surface area (Å²) in [6, 6.07) is 3.50. The van der Waals surface area contributed by atoms with Crippen LogP contribution in [-0.4, -0.2) is 27.3 Å². The minimum Gasteiger partial charge on any atom is -0.345 e. The maximum atomic E-state index is 14.5. The van der Waals surface area contributed by atoms with Gasteiger partial charge in [0.2, 0.25) is 0 Å². The number of nitrogens with zero attached hydrogens (tertiary/aromatic N) is 5. The smallest absolute Gasteiger partial charge is 0.345 e. The highest BCUT2D eigenvalue weighted by Crippen LogP contribution is 2.33. The lowest BCUT2D eigenvalue weighted by atomic mass is 10.0. The van der Waals surface area contributed by atoms with Crippen molar-refractivity contribution < 1.29 is 26.7 Å². The zero-order valence-corrected chi connectivity index (χ0v) is 17.4. The van der Waals surface area contributed by atoms with Crippen LogP contribution in [-0.2, 0) is 13.2 Å². The fourth-order valence-electron chi connectivity index (χ4n) is 3.49. The molecule has 0 radical (unpaired) electrons. The van der Waals surface area contributed by atoms with Crippen LogP contribution in [0, 0.1) is 11.5 Å². The van der Waals surface area contributed by atoms with Crippen molar-refractivity contribution in [3.63, 3.8) is 0 Å². The number of hydrogen-bond donors (Lipinski definition) is 1. The second-order valence-electron chi connectivity index (χ2n) is 7.53. The average molecular weight is 447 g/mol. The van der Waals surface area contributed by atoms with Crippen LogP contribution in [0.5, 0.6) is 0 Å². The van der Waals surface area contributed by atoms with Crippen LogP contribution < -0.4 is 15.2 Å². The molecular formula is C21H19F4N6O+. The summed E-state index contributed by atoms with van der Waals surface area (Å²) in [6.45, 7) is 3.59. The number of aromatic nitrogens is 4. The van der Waals surface area contributed by atoms with Crippen LogP contribution in [0.25, 0.3) is 11.3 Å². The lowest BCUT2D eigenvalue weighted by Gasteiger charge is -2.17. The Morgan fingerprint density at radius 1 is 1.31 bits per heavy atom. The van der Waals surface area contributed by atoms with Gasteiger partial charge in [0.25, 0.3) is 5.91 Å². The van der Waals surface area contributed by atoms with E-state index < -0.39 is 29.5 Å². The third kappa shape index (κ3) is 3.85. The van der Waals surface area contributed by atoms with Gasteiger partial charge in [0.15, 0.2) is 12.3 Å². The van der Waals surface area contributed by atoms with Crippen LogP contribution in [0.1, 0.15) is 41.4 Å². The Labute approximate surface area is 179 Å². The number of hydrogen-bond acceptors (Lipinski definition) is 4. The number of halogens is 4. The molecule has 0 saturated heterocycles. The molecule has 2 aromatic heterocycles. The number of rotatable bonds is 4. The Morgan fingerprint density at radius 2 is 2.06 bits per heavy atom. The molecule has 3 aromatic rings. The molecule has 0 fully saturated rings. The van der Waals surface area contributed by atoms with Crippen LogP contribution in [0.3, 0.4) is 0 Å². The number of alkyl halides is 3. The van der Waals surface area contributed by atoms with Crippen molar-refractivity contribution in [3.8, 4) is 11.3 Å². The van der Waals surface area contributed by atoms with Gasteiger partial charge in [-0.25, -0.2) is 4.39 Å². The first kappa shape index (κ1) is 21.6. The predicted molar refractivity (Wildman–Crippen MR) is 104 cm³/mol. The second kappa shape index (κ2) is 7.81. The summed E-state index contributed by atoms with van der Waals surface area (Å²) in [5.74, 6) is -2.02. The molecule has 7 nitrogen and oxygen atoms in total. The molecule has 1 atom stereocenters. The molecule has 0 saturated carbocycles. The van der Waals surface area contributed by atoms with Gasteiger partial charge >= 0.3 is 11.7 Å². The minimum atomic E-state index is -4.84. The van der Waals surface area contributed by atoms with Crippen molar-refractivity contribution in [3.05, 3.63) is 70.4 Å². The maximum Gasteiger partial charge on any atom is 0.419 e. The molecule has 1 aliphatic rings. The molecule has 166 valence electrons. The van der Waals surface area contributed by atoms with Gasteiger partial charge in [-0.1, -0.05) is 26.6 Å². The minimum absolute atomic E-state index is 0.176. The number of carbonyl (C=O) groups excluding carboxylic acids is 1. The molecule has 3 heterocycles. The Morgan fingerprint density at radius 3 is 2.72 bits per heavy atom. The molecule has 0 bridgehead atoms. The Kier molecular flexibility index (Phi) is 5.27. The van der Waals surface area contributed by atoms with Crippen LogP contribution in [0.4, 0.5) is 17.6 Å². The third-order valence-corrected chi connectivity index (χ3v) is 5.14. The van der Waals surface area contributed by atoms with Crippen LogP contribution >= 0.6 is 0 Å². The first-order valence-electron chi connectivity index (χ1n) is 9.69. The van der Waals surface area contributed by atoms with Crippen LogP contribution in [0.15, 0.2) is 41.7 Å². The molecule has 4 rings (SSSR count). The van der Waals surface area contributed by atoms with Crippen molar-refractivity contribution in [2.45, 2.75) is 26.1 Å². The van der Waals surface area contributed by atoms with E-state index in [1.807, 2.05) is 6.92 Å². The first-order valence-corrected chi connectivity index (χ1v) is 9.69. The predicted octanol–water partition coefficient (Wildman–Crippen LogP) is 2.45. The largest absolute Gasteiger partial charge is 0.419 e. The number of aryl methyl sites for hydroxylation is 1. The molecule has 1 aromatic carbocycles. The Bertz CT molecular complexity index is 1350. The van der Waals surface area contributed by atoms with Crippen molar-refractivity contribution in [1.82, 2.24) is 20.2 Å². The van der Waals surface area contributed by atoms with Crippen molar-refractivity contribution >= 4 is 5.91 Å². The topological polar surface area (TPSA) is 78.1 Å². The van der Waals surface area contributed by atoms with Gasteiger partial charge in [-0.05, 0) is 19.1 Å². The number of amides is 1. The van der Waals surface area contributed by atoms with E-state index in [1.54, 1.807) is 28.5 Å². The summed E-state index contributed by atoms with van der Waals surface area (Å²) >= 11 is 0. The highest BCUT2D eigenvalue weighted by atomic mass is 19.4. The zero-order valence-electron chi connectivity index (χ0n) is 17.4. The molecule has 1 aliphatic heterocycles. The number of fused-ring (bicyclic) bond motifs is 1. The Hall–Kier alpha value is -3.63. The lowest BCUT2D eigenvalue weighted by molar-refractivity contribution is -0.599. The number of benzene rings is 1. The van der Waals surface area contributed by atoms with E-state index >= 15 is 0 Å². The van der Waals surface area contributed by atoms with E-state index in [2.05, 4.69) is 20.5 Å². The fourth-order valence-corrected chi connectivity index (χ4v) is 3.49. The van der Waals surface area contributed by atoms with Gasteiger partial charge in [-0.2, -0.15) is 18.3 Å². The molecule has 0 aliphatic carbocycles. The SMILES string of the molecule is CC1=[n+]2nc(-c3cnn(C)c3)cc(C(=O)N[C@H](C)c3cccc(C(F)(F)F)c3F)c2=NC1. The number of carbonyl (C=O) groups is 1. The second-order valence-corrected chi connectivity index (χ2v) is 7.53. The first-order chi connectivity index (χ1) is 15.1. The zero-order chi connectivity index (χ0) is 23.2. The van der Waals surface area contributed by atoms with Crippen molar-refractivity contribution in [2.75, 3.05) is 6.54 Å². The summed E-state index contributed by atoms with van der Waals surface area (Å²) in [4.78, 5) is 17.4. The fraction of sp³-hybridized carbons (Fsp3) is 0.286. The summed E-state index contributed by atoms with van der Waals surface area (Å²) in [5.41, 5.74) is 0.806. The quantitative estimate of drug-likeness (QED) is 0.493. The van der Waals surface area contributed by atoms with E-state index in [0.29, 0.717) is 29.4 Å². The summed E-state index contributed by atoms with van der Waals surface area (Å²) in [5, 5.41) is 11.2. The van der Waals surface area contributed by atoms with E-state index in [1.165, 1.54) is 19.1 Å². The highest BCUT2D eigenvalue weighted by molar-refractivity contribution is 5.94. The summed E-state index contributed by atoms with van der Waals surface area (Å²) < 4.78 is 56.8. The normalized spacial score (nSPS) is 14.2. The summed E-state index contributed by atoms with van der Waals surface area (Å²) in [7, 11) is 1.75. The molecule has 1 N–H and O–H groups in total. The third-order valence-electron chi connectivity index (χ3n) is 5.14. The van der Waals surface area contributed by atoms with E-state index in [4.69, 9.17) is 0 Å². The van der Waals surface area contributed by atoms with Gasteiger partial charge < -0.3 is 5.32 Å². The average Bonchev–Trinajstić information content (AvgIpc) is 3.32. The van der Waals surface area contributed by atoms with Crippen LogP contribution in [0.2, 0.25) is 0 Å². The molecule has 0 spiro atoms. The van der Waals surface area contributed by atoms with Gasteiger partial charge in [0.05, 0.1) is 17.8 Å². The maximum absolute atomic E-state index is 14.5. The van der Waals surface area contributed by atoms with E-state index in [0.717, 1.165) is 11.8 Å². The van der Waals surface area contributed by atoms with Gasteiger partial charge in [-0.3, -0.25) is 9.48 Å². The van der Waals surface area contributed by atoms with Gasteiger partial charge in [-0.15, -0.1) is 0 Å². The van der Waals surface area contributed by atoms with E-state index in [9.17, 15) is 22.4 Å². The standard InChI is InChI=1S/C21H18F4N6O/c1-11-8-26-19-15(7-17(29-31(11)19)13-9-27-30(3)10-13)20(32)28-12(2)14-5-4-6-16(18(14)22)21(23,24)25/h4-7,9-10,12H,8H2,1-3H3/p+1/t12-/m1/s1. The monoisotopic (exact) mass is 447 g/mol. The molecule has 0 unspecified atom stereocenters. The molecule has 1 amide bonds. The molecular weight excluding hydrogens is 428 g/mol. The van der Waals surface area contributed by atoms with E-state index in [-0.39, 0.29) is 11.1 Å². The lowest BCUT2D eigenvalue weighted by Crippen LogP contribution is -2.46. The number of nitrogens with one attached hydrogen (secondary N) is 1.